The van der Waals surface area contributed by atoms with Crippen LogP contribution in [0.4, 0.5) is 5.69 Å². The number of anilines is 1. The molecular formula is C15H22N4O2. The molecule has 1 aliphatic heterocycles. The van der Waals surface area contributed by atoms with Crippen LogP contribution >= 0.6 is 0 Å². The van der Waals surface area contributed by atoms with Crippen LogP contribution in [0.3, 0.4) is 0 Å². The third kappa shape index (κ3) is 4.27. The maximum Gasteiger partial charge on any atom is 0.238 e. The Balaban J connectivity index is 2.01. The summed E-state index contributed by atoms with van der Waals surface area (Å²) in [6, 6.07) is 7.59. The molecule has 1 aromatic carbocycles. The van der Waals surface area contributed by atoms with E-state index in [4.69, 9.17) is 0 Å². The molecule has 0 spiro atoms. The molecule has 1 unspecified atom stereocenters. The number of hydrogen-bond acceptors (Lipinski definition) is 4. The van der Waals surface area contributed by atoms with E-state index in [1.165, 1.54) is 6.92 Å². The zero-order chi connectivity index (χ0) is 15.2. The molecule has 1 fully saturated rings. The van der Waals surface area contributed by atoms with Gasteiger partial charge >= 0.3 is 0 Å². The van der Waals surface area contributed by atoms with Gasteiger partial charge in [-0.05, 0) is 17.7 Å². The lowest BCUT2D eigenvalue weighted by Crippen LogP contribution is -2.56. The van der Waals surface area contributed by atoms with E-state index in [-0.39, 0.29) is 17.9 Å². The van der Waals surface area contributed by atoms with Crippen molar-refractivity contribution in [3.8, 4) is 0 Å². The highest BCUT2D eigenvalue weighted by molar-refractivity contribution is 5.88. The number of piperazine rings is 1. The van der Waals surface area contributed by atoms with Crippen molar-refractivity contribution in [2.45, 2.75) is 19.5 Å². The lowest BCUT2D eigenvalue weighted by Gasteiger charge is -2.34. The maximum atomic E-state index is 11.9. The average molecular weight is 290 g/mol. The van der Waals surface area contributed by atoms with E-state index in [9.17, 15) is 9.59 Å². The summed E-state index contributed by atoms with van der Waals surface area (Å²) in [5.41, 5.74) is 1.91. The van der Waals surface area contributed by atoms with Crippen molar-refractivity contribution in [2.75, 3.05) is 32.0 Å². The molecule has 0 bridgehead atoms. The van der Waals surface area contributed by atoms with Gasteiger partial charge in [0.15, 0.2) is 0 Å². The number of amides is 2. The van der Waals surface area contributed by atoms with Crippen LogP contribution in [0.5, 0.6) is 0 Å². The van der Waals surface area contributed by atoms with Crippen molar-refractivity contribution in [1.82, 2.24) is 15.5 Å². The summed E-state index contributed by atoms with van der Waals surface area (Å²) in [6.45, 7) is 4.61. The van der Waals surface area contributed by atoms with Crippen LogP contribution in [0.15, 0.2) is 24.3 Å². The SMILES string of the molecule is CNC(=O)C1CNCCN1Cc1ccc(NC(C)=O)cc1. The van der Waals surface area contributed by atoms with Gasteiger partial charge in [0.1, 0.15) is 6.04 Å². The van der Waals surface area contributed by atoms with Gasteiger partial charge in [0.2, 0.25) is 11.8 Å². The molecule has 1 heterocycles. The molecule has 0 radical (unpaired) electrons. The first-order valence-corrected chi connectivity index (χ1v) is 7.13. The first-order valence-electron chi connectivity index (χ1n) is 7.13. The van der Waals surface area contributed by atoms with Crippen molar-refractivity contribution >= 4 is 17.5 Å². The van der Waals surface area contributed by atoms with Crippen LogP contribution < -0.4 is 16.0 Å². The molecule has 6 heteroatoms. The van der Waals surface area contributed by atoms with Crippen LogP contribution in [0.1, 0.15) is 12.5 Å². The van der Waals surface area contributed by atoms with Crippen molar-refractivity contribution in [3.63, 3.8) is 0 Å². The summed E-state index contributed by atoms with van der Waals surface area (Å²) in [4.78, 5) is 25.1. The highest BCUT2D eigenvalue weighted by atomic mass is 16.2. The molecule has 0 aliphatic carbocycles. The minimum atomic E-state index is -0.140. The molecule has 1 atom stereocenters. The number of likely N-dealkylation sites (N-methyl/N-ethyl adjacent to an activating group) is 1. The predicted molar refractivity (Wildman–Crippen MR) is 81.9 cm³/mol. The Morgan fingerprint density at radius 3 is 2.67 bits per heavy atom. The Morgan fingerprint density at radius 2 is 2.05 bits per heavy atom. The Morgan fingerprint density at radius 1 is 1.33 bits per heavy atom. The number of rotatable bonds is 4. The first kappa shape index (κ1) is 15.5. The van der Waals surface area contributed by atoms with Crippen LogP contribution in [-0.2, 0) is 16.1 Å². The van der Waals surface area contributed by atoms with Crippen LogP contribution in [0, 0.1) is 0 Å². The Labute approximate surface area is 124 Å². The monoisotopic (exact) mass is 290 g/mol. The van der Waals surface area contributed by atoms with Gasteiger partial charge in [-0.2, -0.15) is 0 Å². The van der Waals surface area contributed by atoms with Crippen LogP contribution in [0.25, 0.3) is 0 Å². The van der Waals surface area contributed by atoms with E-state index >= 15 is 0 Å². The van der Waals surface area contributed by atoms with Crippen LogP contribution in [0.2, 0.25) is 0 Å². The Kier molecular flexibility index (Phi) is 5.30. The molecule has 6 nitrogen and oxygen atoms in total. The van der Waals surface area contributed by atoms with Crippen molar-refractivity contribution < 1.29 is 9.59 Å². The summed E-state index contributed by atoms with van der Waals surface area (Å²) in [7, 11) is 1.66. The molecule has 1 aliphatic rings. The number of carbonyl (C=O) groups excluding carboxylic acids is 2. The maximum absolute atomic E-state index is 11.9. The second-order valence-corrected chi connectivity index (χ2v) is 5.18. The van der Waals surface area contributed by atoms with Crippen LogP contribution in [-0.4, -0.2) is 49.4 Å². The average Bonchev–Trinajstić information content (AvgIpc) is 2.48. The van der Waals surface area contributed by atoms with E-state index in [1.807, 2.05) is 24.3 Å². The lowest BCUT2D eigenvalue weighted by atomic mass is 10.1. The smallest absolute Gasteiger partial charge is 0.238 e. The molecule has 1 aromatic rings. The first-order chi connectivity index (χ1) is 10.1. The summed E-state index contributed by atoms with van der Waals surface area (Å²) >= 11 is 0. The van der Waals surface area contributed by atoms with Gasteiger partial charge < -0.3 is 16.0 Å². The predicted octanol–water partition coefficient (Wildman–Crippen LogP) is 0.165. The quantitative estimate of drug-likeness (QED) is 0.739. The molecule has 0 aromatic heterocycles. The Hall–Kier alpha value is -1.92. The standard InChI is InChI=1S/C15H22N4O2/c1-11(20)18-13-5-3-12(4-6-13)10-19-8-7-17-9-14(19)15(21)16-2/h3-6,14,17H,7-10H2,1-2H3,(H,16,21)(H,18,20). The number of hydrogen-bond donors (Lipinski definition) is 3. The van der Waals surface area contributed by atoms with Gasteiger partial charge in [-0.25, -0.2) is 0 Å². The van der Waals surface area contributed by atoms with E-state index in [0.717, 1.165) is 30.9 Å². The fourth-order valence-electron chi connectivity index (χ4n) is 2.49. The van der Waals surface area contributed by atoms with Gasteiger partial charge in [0.25, 0.3) is 0 Å². The van der Waals surface area contributed by atoms with Gasteiger partial charge in [-0.15, -0.1) is 0 Å². The highest BCUT2D eigenvalue weighted by Crippen LogP contribution is 2.14. The van der Waals surface area contributed by atoms with Crippen molar-refractivity contribution in [3.05, 3.63) is 29.8 Å². The fourth-order valence-corrected chi connectivity index (χ4v) is 2.49. The van der Waals surface area contributed by atoms with Gasteiger partial charge in [0.05, 0.1) is 0 Å². The van der Waals surface area contributed by atoms with Crippen molar-refractivity contribution in [2.24, 2.45) is 0 Å². The minimum Gasteiger partial charge on any atom is -0.358 e. The topological polar surface area (TPSA) is 73.5 Å². The van der Waals surface area contributed by atoms with E-state index < -0.39 is 0 Å². The van der Waals surface area contributed by atoms with Gasteiger partial charge in [-0.1, -0.05) is 12.1 Å². The second-order valence-electron chi connectivity index (χ2n) is 5.18. The molecule has 2 rings (SSSR count). The molecule has 0 saturated carbocycles. The molecule has 1 saturated heterocycles. The Bertz CT molecular complexity index is 501. The summed E-state index contributed by atoms with van der Waals surface area (Å²) in [5, 5.41) is 8.70. The van der Waals surface area contributed by atoms with E-state index in [1.54, 1.807) is 7.05 Å². The zero-order valence-electron chi connectivity index (χ0n) is 12.5. The van der Waals surface area contributed by atoms with E-state index in [0.29, 0.717) is 6.54 Å². The minimum absolute atomic E-state index is 0.0390. The van der Waals surface area contributed by atoms with E-state index in [2.05, 4.69) is 20.9 Å². The normalized spacial score (nSPS) is 19.0. The third-order valence-electron chi connectivity index (χ3n) is 3.56. The lowest BCUT2D eigenvalue weighted by molar-refractivity contribution is -0.126. The summed E-state index contributed by atoms with van der Waals surface area (Å²) in [5.74, 6) is -0.0402. The second kappa shape index (κ2) is 7.19. The van der Waals surface area contributed by atoms with Gasteiger partial charge in [0, 0.05) is 45.8 Å². The van der Waals surface area contributed by atoms with Crippen molar-refractivity contribution in [1.29, 1.82) is 0 Å². The fraction of sp³-hybridized carbons (Fsp3) is 0.467. The summed E-state index contributed by atoms with van der Waals surface area (Å²) < 4.78 is 0. The number of carbonyl (C=O) groups is 2. The van der Waals surface area contributed by atoms with Gasteiger partial charge in [-0.3, -0.25) is 14.5 Å². The number of nitrogens with one attached hydrogen (secondary N) is 3. The third-order valence-corrected chi connectivity index (χ3v) is 3.56. The number of nitrogens with zero attached hydrogens (tertiary/aromatic N) is 1. The number of benzene rings is 1. The largest absolute Gasteiger partial charge is 0.358 e. The molecule has 114 valence electrons. The summed E-state index contributed by atoms with van der Waals surface area (Å²) in [6.07, 6.45) is 0. The molecule has 21 heavy (non-hydrogen) atoms. The zero-order valence-corrected chi connectivity index (χ0v) is 12.5. The molecule has 2 amide bonds. The molecule has 3 N–H and O–H groups in total. The molecular weight excluding hydrogens is 268 g/mol. The highest BCUT2D eigenvalue weighted by Gasteiger charge is 2.27.